The summed E-state index contributed by atoms with van der Waals surface area (Å²) in [7, 11) is 0. The summed E-state index contributed by atoms with van der Waals surface area (Å²) in [6, 6.07) is 9.84. The molecule has 0 heterocycles. The Bertz CT molecular complexity index is 834. The number of carbonyl (C=O) groups excluding carboxylic acids is 3. The van der Waals surface area contributed by atoms with E-state index < -0.39 is 12.5 Å². The van der Waals surface area contributed by atoms with Crippen LogP contribution in [0.15, 0.2) is 42.5 Å². The number of rotatable bonds is 6. The highest BCUT2D eigenvalue weighted by atomic mass is 19.3. The molecular formula is C18H15F2NO4. The van der Waals surface area contributed by atoms with Crippen molar-refractivity contribution in [2.75, 3.05) is 5.32 Å². The molecule has 0 aromatic heterocycles. The molecule has 1 N–H and O–H groups in total. The molecule has 0 unspecified atom stereocenters. The lowest BCUT2D eigenvalue weighted by Gasteiger charge is -2.14. The summed E-state index contributed by atoms with van der Waals surface area (Å²) in [5, 5.41) is 2.42. The van der Waals surface area contributed by atoms with Gasteiger partial charge >= 0.3 is 6.61 Å². The van der Waals surface area contributed by atoms with E-state index in [9.17, 15) is 23.2 Å². The smallest absolute Gasteiger partial charge is 0.387 e. The van der Waals surface area contributed by atoms with Crippen LogP contribution in [-0.2, 0) is 0 Å². The number of ether oxygens (including phenoxy) is 1. The summed E-state index contributed by atoms with van der Waals surface area (Å²) in [5.74, 6) is -1.57. The molecule has 0 spiro atoms. The lowest BCUT2D eigenvalue weighted by atomic mass is 10.0. The Morgan fingerprint density at radius 2 is 1.60 bits per heavy atom. The highest BCUT2D eigenvalue weighted by molar-refractivity contribution is 6.12. The van der Waals surface area contributed by atoms with Gasteiger partial charge in [0.05, 0.1) is 11.3 Å². The van der Waals surface area contributed by atoms with Gasteiger partial charge in [0.2, 0.25) is 0 Å². The quantitative estimate of drug-likeness (QED) is 0.803. The van der Waals surface area contributed by atoms with Crippen LogP contribution < -0.4 is 10.1 Å². The fraction of sp³-hybridized carbons (Fsp3) is 0.167. The van der Waals surface area contributed by atoms with Crippen LogP contribution in [-0.4, -0.2) is 24.1 Å². The molecule has 0 radical (unpaired) electrons. The van der Waals surface area contributed by atoms with Crippen LogP contribution in [0.4, 0.5) is 14.5 Å². The van der Waals surface area contributed by atoms with Crippen molar-refractivity contribution in [2.24, 2.45) is 0 Å². The molecule has 25 heavy (non-hydrogen) atoms. The van der Waals surface area contributed by atoms with E-state index in [1.165, 1.54) is 44.2 Å². The second-order valence-electron chi connectivity index (χ2n) is 5.20. The summed E-state index contributed by atoms with van der Waals surface area (Å²) in [6.07, 6.45) is 0. The summed E-state index contributed by atoms with van der Waals surface area (Å²) in [6.45, 7) is -0.476. The fourth-order valence-electron chi connectivity index (χ4n) is 2.22. The Balaban J connectivity index is 2.41. The largest absolute Gasteiger partial charge is 0.433 e. The van der Waals surface area contributed by atoms with Crippen molar-refractivity contribution in [3.8, 4) is 5.75 Å². The molecule has 0 saturated heterocycles. The Kier molecular flexibility index (Phi) is 5.59. The first-order valence-electron chi connectivity index (χ1n) is 7.30. The van der Waals surface area contributed by atoms with Crippen molar-refractivity contribution >= 4 is 23.2 Å². The van der Waals surface area contributed by atoms with E-state index in [-0.39, 0.29) is 39.7 Å². The molecule has 0 aliphatic heterocycles. The number of Topliss-reactive ketones (excluding diaryl/α,β-unsaturated/α-hetero) is 2. The second-order valence-corrected chi connectivity index (χ2v) is 5.20. The van der Waals surface area contributed by atoms with Gasteiger partial charge in [0.1, 0.15) is 5.75 Å². The third-order valence-electron chi connectivity index (χ3n) is 3.40. The number of hydrogen-bond donors (Lipinski definition) is 1. The van der Waals surface area contributed by atoms with E-state index >= 15 is 0 Å². The Morgan fingerprint density at radius 3 is 2.16 bits per heavy atom. The van der Waals surface area contributed by atoms with E-state index in [1.807, 2.05) is 0 Å². The number of hydrogen-bond acceptors (Lipinski definition) is 4. The summed E-state index contributed by atoms with van der Waals surface area (Å²) >= 11 is 0. The van der Waals surface area contributed by atoms with Crippen LogP contribution in [0.2, 0.25) is 0 Å². The number of nitrogens with one attached hydrogen (secondary N) is 1. The second kappa shape index (κ2) is 7.65. The lowest BCUT2D eigenvalue weighted by molar-refractivity contribution is -0.0493. The van der Waals surface area contributed by atoms with Gasteiger partial charge in [0.15, 0.2) is 11.6 Å². The number of halogens is 2. The van der Waals surface area contributed by atoms with Crippen LogP contribution in [0.1, 0.15) is 44.9 Å². The first-order chi connectivity index (χ1) is 11.8. The number of alkyl halides is 2. The zero-order valence-corrected chi connectivity index (χ0v) is 13.5. The molecule has 7 heteroatoms. The number of carbonyl (C=O) groups is 3. The van der Waals surface area contributed by atoms with E-state index in [0.29, 0.717) is 0 Å². The molecule has 2 aromatic carbocycles. The molecule has 1 amide bonds. The number of anilines is 1. The lowest BCUT2D eigenvalue weighted by Crippen LogP contribution is -2.17. The molecule has 0 atom stereocenters. The van der Waals surface area contributed by atoms with Crippen LogP contribution >= 0.6 is 0 Å². The van der Waals surface area contributed by atoms with Crippen molar-refractivity contribution in [3.63, 3.8) is 0 Å². The molecular weight excluding hydrogens is 332 g/mol. The van der Waals surface area contributed by atoms with Crippen LogP contribution in [0.3, 0.4) is 0 Å². The Labute approximate surface area is 142 Å². The van der Waals surface area contributed by atoms with E-state index in [4.69, 9.17) is 0 Å². The topological polar surface area (TPSA) is 72.5 Å². The van der Waals surface area contributed by atoms with Gasteiger partial charge in [-0.25, -0.2) is 0 Å². The predicted molar refractivity (Wildman–Crippen MR) is 87.5 cm³/mol. The standard InChI is InChI=1S/C18H15F2NO4/c1-10(22)12-7-8-16(25-18(19)20)15(9-12)21-17(24)14-6-4-3-5-13(14)11(2)23/h3-9,18H,1-2H3,(H,21,24). The van der Waals surface area contributed by atoms with Gasteiger partial charge < -0.3 is 10.1 Å². The van der Waals surface area contributed by atoms with Crippen molar-refractivity contribution in [1.82, 2.24) is 0 Å². The monoisotopic (exact) mass is 347 g/mol. The van der Waals surface area contributed by atoms with Crippen molar-refractivity contribution < 1.29 is 27.9 Å². The van der Waals surface area contributed by atoms with Gasteiger partial charge in [-0.15, -0.1) is 0 Å². The van der Waals surface area contributed by atoms with E-state index in [2.05, 4.69) is 10.1 Å². The SMILES string of the molecule is CC(=O)c1ccc(OC(F)F)c(NC(=O)c2ccccc2C(C)=O)c1. The highest BCUT2D eigenvalue weighted by Crippen LogP contribution is 2.28. The molecule has 130 valence electrons. The Morgan fingerprint density at radius 1 is 0.960 bits per heavy atom. The van der Waals surface area contributed by atoms with Crippen LogP contribution in [0.5, 0.6) is 5.75 Å². The van der Waals surface area contributed by atoms with Crippen molar-refractivity contribution in [3.05, 3.63) is 59.2 Å². The molecule has 0 aliphatic rings. The maximum absolute atomic E-state index is 12.5. The first kappa shape index (κ1) is 18.3. The maximum atomic E-state index is 12.5. The van der Waals surface area contributed by atoms with E-state index in [1.54, 1.807) is 12.1 Å². The minimum atomic E-state index is -3.09. The molecule has 0 fully saturated rings. The molecule has 0 bridgehead atoms. The fourth-order valence-corrected chi connectivity index (χ4v) is 2.22. The minimum absolute atomic E-state index is 0.0867. The number of benzene rings is 2. The van der Waals surface area contributed by atoms with Crippen LogP contribution in [0.25, 0.3) is 0 Å². The summed E-state index contributed by atoms with van der Waals surface area (Å²) in [4.78, 5) is 35.6. The average Bonchev–Trinajstić information content (AvgIpc) is 2.55. The summed E-state index contributed by atoms with van der Waals surface area (Å²) in [5.41, 5.74) is 0.415. The van der Waals surface area contributed by atoms with Gasteiger partial charge in [-0.1, -0.05) is 18.2 Å². The van der Waals surface area contributed by atoms with Gasteiger partial charge in [0.25, 0.3) is 5.91 Å². The first-order valence-corrected chi connectivity index (χ1v) is 7.30. The predicted octanol–water partition coefficient (Wildman–Crippen LogP) is 3.95. The van der Waals surface area contributed by atoms with Gasteiger partial charge in [0, 0.05) is 11.1 Å². The number of amides is 1. The van der Waals surface area contributed by atoms with E-state index in [0.717, 1.165) is 0 Å². The van der Waals surface area contributed by atoms with Crippen molar-refractivity contribution in [1.29, 1.82) is 0 Å². The van der Waals surface area contributed by atoms with Crippen LogP contribution in [0, 0.1) is 0 Å². The normalized spacial score (nSPS) is 10.4. The molecule has 2 aromatic rings. The molecule has 2 rings (SSSR count). The van der Waals surface area contributed by atoms with Gasteiger partial charge in [-0.3, -0.25) is 14.4 Å². The minimum Gasteiger partial charge on any atom is -0.433 e. The molecule has 0 saturated carbocycles. The number of ketones is 2. The maximum Gasteiger partial charge on any atom is 0.387 e. The summed E-state index contributed by atoms with van der Waals surface area (Å²) < 4.78 is 29.5. The Hall–Kier alpha value is -3.09. The zero-order valence-electron chi connectivity index (χ0n) is 13.5. The molecule has 5 nitrogen and oxygen atoms in total. The average molecular weight is 347 g/mol. The third kappa shape index (κ3) is 4.47. The third-order valence-corrected chi connectivity index (χ3v) is 3.40. The van der Waals surface area contributed by atoms with Gasteiger partial charge in [-0.2, -0.15) is 8.78 Å². The van der Waals surface area contributed by atoms with Crippen molar-refractivity contribution in [2.45, 2.75) is 20.5 Å². The zero-order chi connectivity index (χ0) is 18.6. The van der Waals surface area contributed by atoms with Gasteiger partial charge in [-0.05, 0) is 38.1 Å². The molecule has 0 aliphatic carbocycles. The highest BCUT2D eigenvalue weighted by Gasteiger charge is 2.18.